The molecular weight excluding hydrogens is 378 g/mol. The second kappa shape index (κ2) is 7.65. The maximum atomic E-state index is 12.6. The number of thiophene rings is 1. The number of nitrogens with zero attached hydrogens (tertiary/aromatic N) is 2. The van der Waals surface area contributed by atoms with Gasteiger partial charge in [-0.25, -0.2) is 4.98 Å². The molecule has 4 rings (SSSR count). The first-order chi connectivity index (χ1) is 13.5. The first-order valence-corrected chi connectivity index (χ1v) is 10.4. The summed E-state index contributed by atoms with van der Waals surface area (Å²) >= 11 is 1.55. The molecule has 0 aliphatic carbocycles. The van der Waals surface area contributed by atoms with Gasteiger partial charge in [0.1, 0.15) is 5.82 Å². The summed E-state index contributed by atoms with van der Waals surface area (Å²) in [6.07, 6.45) is 5.81. The highest BCUT2D eigenvalue weighted by molar-refractivity contribution is 7.14. The van der Waals surface area contributed by atoms with Crippen molar-refractivity contribution >= 4 is 23.2 Å². The zero-order valence-corrected chi connectivity index (χ0v) is 16.7. The van der Waals surface area contributed by atoms with Gasteiger partial charge in [0.25, 0.3) is 5.91 Å². The van der Waals surface area contributed by atoms with Gasteiger partial charge in [0.2, 0.25) is 5.91 Å². The molecule has 1 spiro atoms. The highest BCUT2D eigenvalue weighted by atomic mass is 32.1. The summed E-state index contributed by atoms with van der Waals surface area (Å²) in [7, 11) is 0. The molecule has 2 aliphatic heterocycles. The third kappa shape index (κ3) is 3.57. The number of imidazole rings is 1. The maximum absolute atomic E-state index is 12.6. The molecule has 2 aromatic rings. The standard InChI is InChI=1S/C19H25N5O3S/c1-12(17(20)25)24-7-3-19(4-8-24)13-10-15(28-14(13)2-9-27-19)18(26)23-11-16-21-5-6-22-16/h5-6,10,12H,2-4,7-9,11H2,1H3,(H2,20,25)(H,21,22)(H,23,26). The Morgan fingerprint density at radius 3 is 2.93 bits per heavy atom. The first-order valence-electron chi connectivity index (χ1n) is 9.55. The van der Waals surface area contributed by atoms with E-state index in [1.54, 1.807) is 23.7 Å². The fraction of sp³-hybridized carbons (Fsp3) is 0.526. The van der Waals surface area contributed by atoms with Crippen molar-refractivity contribution in [2.75, 3.05) is 19.7 Å². The van der Waals surface area contributed by atoms with Crippen LogP contribution in [-0.2, 0) is 28.1 Å². The minimum Gasteiger partial charge on any atom is -0.370 e. The van der Waals surface area contributed by atoms with E-state index in [2.05, 4.69) is 20.2 Å². The first kappa shape index (κ1) is 19.1. The molecule has 2 amide bonds. The molecule has 0 saturated carbocycles. The van der Waals surface area contributed by atoms with Crippen LogP contribution in [0.5, 0.6) is 0 Å². The highest BCUT2D eigenvalue weighted by Crippen LogP contribution is 2.44. The molecule has 2 aliphatic rings. The predicted molar refractivity (Wildman–Crippen MR) is 105 cm³/mol. The van der Waals surface area contributed by atoms with Crippen LogP contribution in [0.15, 0.2) is 18.5 Å². The van der Waals surface area contributed by atoms with Crippen LogP contribution in [-0.4, -0.2) is 52.4 Å². The predicted octanol–water partition coefficient (Wildman–Crippen LogP) is 1.14. The largest absolute Gasteiger partial charge is 0.370 e. The molecule has 0 bridgehead atoms. The SMILES string of the molecule is CC(C(N)=O)N1CCC2(CC1)OCCc1sc(C(=O)NCc3ncc[nH]3)cc12. The van der Waals surface area contributed by atoms with Crippen molar-refractivity contribution < 1.29 is 14.3 Å². The number of piperidine rings is 1. The molecule has 9 heteroatoms. The summed E-state index contributed by atoms with van der Waals surface area (Å²) in [6.45, 7) is 4.38. The average Bonchev–Trinajstić information content (AvgIpc) is 3.36. The van der Waals surface area contributed by atoms with E-state index in [0.717, 1.165) is 43.7 Å². The summed E-state index contributed by atoms with van der Waals surface area (Å²) in [4.78, 5) is 35.2. The molecule has 150 valence electrons. The van der Waals surface area contributed by atoms with E-state index in [-0.39, 0.29) is 23.5 Å². The fourth-order valence-corrected chi connectivity index (χ4v) is 5.19. The Hall–Kier alpha value is -2.23. The third-order valence-corrected chi connectivity index (χ3v) is 6.96. The van der Waals surface area contributed by atoms with Crippen molar-refractivity contribution in [1.29, 1.82) is 0 Å². The Labute approximate surface area is 167 Å². The number of nitrogens with one attached hydrogen (secondary N) is 2. The van der Waals surface area contributed by atoms with Crippen molar-refractivity contribution in [3.8, 4) is 0 Å². The van der Waals surface area contributed by atoms with Crippen LogP contribution < -0.4 is 11.1 Å². The number of nitrogens with two attached hydrogens (primary N) is 1. The number of amides is 2. The van der Waals surface area contributed by atoms with Gasteiger partial charge in [-0.05, 0) is 31.4 Å². The van der Waals surface area contributed by atoms with Crippen LogP contribution in [0.3, 0.4) is 0 Å². The zero-order valence-electron chi connectivity index (χ0n) is 15.9. The molecular formula is C19H25N5O3S. The van der Waals surface area contributed by atoms with E-state index in [1.807, 2.05) is 13.0 Å². The maximum Gasteiger partial charge on any atom is 0.261 e. The van der Waals surface area contributed by atoms with Gasteiger partial charge in [-0.1, -0.05) is 0 Å². The molecule has 0 radical (unpaired) electrons. The molecule has 1 saturated heterocycles. The van der Waals surface area contributed by atoms with Gasteiger partial charge in [0, 0.05) is 36.8 Å². The Balaban J connectivity index is 1.48. The number of fused-ring (bicyclic) bond motifs is 2. The van der Waals surface area contributed by atoms with E-state index in [0.29, 0.717) is 18.0 Å². The number of H-pyrrole nitrogens is 1. The highest BCUT2D eigenvalue weighted by Gasteiger charge is 2.43. The number of primary amides is 1. The number of aromatic nitrogens is 2. The monoisotopic (exact) mass is 403 g/mol. The summed E-state index contributed by atoms with van der Waals surface area (Å²) in [5.74, 6) is 0.336. The third-order valence-electron chi connectivity index (χ3n) is 5.77. The number of rotatable bonds is 5. The molecule has 0 aromatic carbocycles. The number of hydrogen-bond acceptors (Lipinski definition) is 6. The van der Waals surface area contributed by atoms with Crippen molar-refractivity contribution in [3.05, 3.63) is 39.6 Å². The minimum atomic E-state index is -0.364. The Kier molecular flexibility index (Phi) is 5.22. The summed E-state index contributed by atoms with van der Waals surface area (Å²) in [5, 5.41) is 2.91. The Morgan fingerprint density at radius 1 is 1.46 bits per heavy atom. The number of aromatic amines is 1. The van der Waals surface area contributed by atoms with Crippen LogP contribution in [0, 0.1) is 0 Å². The van der Waals surface area contributed by atoms with Gasteiger partial charge in [0.15, 0.2) is 0 Å². The average molecular weight is 404 g/mol. The molecule has 4 N–H and O–H groups in total. The lowest BCUT2D eigenvalue weighted by Crippen LogP contribution is -2.51. The molecule has 1 unspecified atom stereocenters. The van der Waals surface area contributed by atoms with Crippen molar-refractivity contribution in [2.45, 2.75) is 44.4 Å². The fourth-order valence-electron chi connectivity index (χ4n) is 4.04. The van der Waals surface area contributed by atoms with Gasteiger partial charge < -0.3 is 20.8 Å². The number of carbonyl (C=O) groups is 2. The van der Waals surface area contributed by atoms with Crippen LogP contribution in [0.4, 0.5) is 0 Å². The molecule has 28 heavy (non-hydrogen) atoms. The van der Waals surface area contributed by atoms with Gasteiger partial charge in [-0.15, -0.1) is 11.3 Å². The molecule has 1 atom stereocenters. The van der Waals surface area contributed by atoms with Crippen LogP contribution in [0.2, 0.25) is 0 Å². The second-order valence-electron chi connectivity index (χ2n) is 7.37. The number of ether oxygens (including phenoxy) is 1. The normalized spacial score (nSPS) is 19.9. The number of hydrogen-bond donors (Lipinski definition) is 3. The number of carbonyl (C=O) groups excluding carboxylic acids is 2. The number of likely N-dealkylation sites (tertiary alicyclic amines) is 1. The summed E-state index contributed by atoms with van der Waals surface area (Å²) < 4.78 is 6.25. The van der Waals surface area contributed by atoms with Crippen LogP contribution in [0.1, 0.15) is 45.7 Å². The minimum absolute atomic E-state index is 0.0919. The van der Waals surface area contributed by atoms with Crippen LogP contribution >= 0.6 is 11.3 Å². The zero-order chi connectivity index (χ0) is 19.7. The van der Waals surface area contributed by atoms with Crippen molar-refractivity contribution in [3.63, 3.8) is 0 Å². The quantitative estimate of drug-likeness (QED) is 0.693. The lowest BCUT2D eigenvalue weighted by atomic mass is 9.82. The van der Waals surface area contributed by atoms with Crippen molar-refractivity contribution in [1.82, 2.24) is 20.2 Å². The smallest absolute Gasteiger partial charge is 0.261 e. The lowest BCUT2D eigenvalue weighted by molar-refractivity contribution is -0.128. The molecule has 8 nitrogen and oxygen atoms in total. The van der Waals surface area contributed by atoms with Gasteiger partial charge in [0.05, 0.1) is 29.7 Å². The van der Waals surface area contributed by atoms with Gasteiger partial charge in [-0.2, -0.15) is 0 Å². The van der Waals surface area contributed by atoms with Gasteiger partial charge >= 0.3 is 0 Å². The summed E-state index contributed by atoms with van der Waals surface area (Å²) in [5.41, 5.74) is 6.23. The van der Waals surface area contributed by atoms with Gasteiger partial charge in [-0.3, -0.25) is 14.5 Å². The van der Waals surface area contributed by atoms with Crippen molar-refractivity contribution in [2.24, 2.45) is 5.73 Å². The molecule has 2 aromatic heterocycles. The van der Waals surface area contributed by atoms with E-state index in [1.165, 1.54) is 4.88 Å². The Morgan fingerprint density at radius 2 is 2.25 bits per heavy atom. The van der Waals surface area contributed by atoms with Crippen LogP contribution in [0.25, 0.3) is 0 Å². The van der Waals surface area contributed by atoms with E-state index < -0.39 is 0 Å². The van der Waals surface area contributed by atoms with E-state index >= 15 is 0 Å². The topological polar surface area (TPSA) is 113 Å². The Bertz CT molecular complexity index is 855. The lowest BCUT2D eigenvalue weighted by Gasteiger charge is -2.45. The van der Waals surface area contributed by atoms with E-state index in [4.69, 9.17) is 10.5 Å². The molecule has 4 heterocycles. The summed E-state index contributed by atoms with van der Waals surface area (Å²) in [6, 6.07) is 1.72. The van der Waals surface area contributed by atoms with E-state index in [9.17, 15) is 9.59 Å². The second-order valence-corrected chi connectivity index (χ2v) is 8.51. The molecule has 1 fully saturated rings.